The molecule has 1 amide bonds. The molecule has 0 aliphatic rings. The number of rotatable bonds is 5. The Morgan fingerprint density at radius 1 is 1.27 bits per heavy atom. The van der Waals surface area contributed by atoms with Crippen molar-refractivity contribution in [1.29, 1.82) is 0 Å². The monoisotopic (exact) mass is 431 g/mol. The Bertz CT molecular complexity index is 957. The summed E-state index contributed by atoms with van der Waals surface area (Å²) in [6, 6.07) is 2.85. The van der Waals surface area contributed by atoms with Crippen molar-refractivity contribution in [2.24, 2.45) is 0 Å². The maximum absolute atomic E-state index is 12.2. The van der Waals surface area contributed by atoms with Crippen molar-refractivity contribution >= 4 is 68.7 Å². The summed E-state index contributed by atoms with van der Waals surface area (Å²) in [7, 11) is 0. The summed E-state index contributed by atoms with van der Waals surface area (Å²) in [5, 5.41) is 5.19. The zero-order valence-electron chi connectivity index (χ0n) is 13.3. The average molecular weight is 433 g/mol. The van der Waals surface area contributed by atoms with E-state index in [1.165, 1.54) is 30.4 Å². The van der Waals surface area contributed by atoms with Crippen molar-refractivity contribution in [2.75, 3.05) is 5.32 Å². The lowest BCUT2D eigenvalue weighted by atomic mass is 10.3. The number of halogens is 3. The topological polar surface area (TPSA) is 72.7 Å². The number of hydrogen-bond acceptors (Lipinski definition) is 5. The van der Waals surface area contributed by atoms with E-state index in [1.54, 1.807) is 6.20 Å². The molecule has 0 bridgehead atoms. The number of amides is 1. The fourth-order valence-electron chi connectivity index (χ4n) is 2.15. The predicted octanol–water partition coefficient (Wildman–Crippen LogP) is 4.47. The number of ether oxygens (including phenoxy) is 1. The van der Waals surface area contributed by atoms with Gasteiger partial charge in [-0.05, 0) is 19.1 Å². The number of nitrogens with zero attached hydrogens (tertiary/aromatic N) is 2. The summed E-state index contributed by atoms with van der Waals surface area (Å²) in [6.07, 6.45) is 2.54. The van der Waals surface area contributed by atoms with Gasteiger partial charge in [0.2, 0.25) is 0 Å². The molecule has 6 nitrogen and oxygen atoms in total. The summed E-state index contributed by atoms with van der Waals surface area (Å²) < 4.78 is 6.97. The van der Waals surface area contributed by atoms with Crippen LogP contribution < -0.4 is 5.32 Å². The third-order valence-corrected chi connectivity index (χ3v) is 5.22. The maximum Gasteiger partial charge on any atom is 0.312 e. The van der Waals surface area contributed by atoms with Crippen molar-refractivity contribution in [3.63, 3.8) is 0 Å². The second kappa shape index (κ2) is 7.84. The molecule has 0 saturated heterocycles. The first kappa shape index (κ1) is 19.0. The lowest BCUT2D eigenvalue weighted by Crippen LogP contribution is -2.30. The Kier molecular flexibility index (Phi) is 5.72. The van der Waals surface area contributed by atoms with Crippen LogP contribution in [0.3, 0.4) is 0 Å². The van der Waals surface area contributed by atoms with E-state index in [2.05, 4.69) is 10.3 Å². The highest BCUT2D eigenvalue weighted by atomic mass is 35.5. The van der Waals surface area contributed by atoms with Crippen LogP contribution in [0.5, 0.6) is 0 Å². The van der Waals surface area contributed by atoms with Crippen molar-refractivity contribution in [2.45, 2.75) is 19.4 Å². The smallest absolute Gasteiger partial charge is 0.312 e. The predicted molar refractivity (Wildman–Crippen MR) is 102 cm³/mol. The molecule has 0 spiro atoms. The lowest BCUT2D eigenvalue weighted by molar-refractivity contribution is -0.152. The minimum absolute atomic E-state index is 0.0282. The first-order chi connectivity index (χ1) is 12.3. The fourth-order valence-corrected chi connectivity index (χ4v) is 3.47. The van der Waals surface area contributed by atoms with Gasteiger partial charge < -0.3 is 10.1 Å². The van der Waals surface area contributed by atoms with Crippen LogP contribution >= 0.6 is 46.1 Å². The number of hydrogen-bond donors (Lipinski definition) is 1. The highest BCUT2D eigenvalue weighted by Crippen LogP contribution is 2.32. The average Bonchev–Trinajstić information content (AvgIpc) is 3.13. The van der Waals surface area contributed by atoms with Gasteiger partial charge in [-0.2, -0.15) is 0 Å². The molecule has 2 heterocycles. The minimum atomic E-state index is -1.02. The Hall–Kier alpha value is -1.80. The second-order valence-corrected chi connectivity index (χ2v) is 7.46. The van der Waals surface area contributed by atoms with E-state index in [0.29, 0.717) is 5.69 Å². The maximum atomic E-state index is 12.2. The molecular weight excluding hydrogens is 421 g/mol. The molecule has 136 valence electrons. The van der Waals surface area contributed by atoms with E-state index in [9.17, 15) is 9.59 Å². The van der Waals surface area contributed by atoms with Crippen LogP contribution in [-0.2, 0) is 20.7 Å². The molecule has 26 heavy (non-hydrogen) atoms. The van der Waals surface area contributed by atoms with Crippen LogP contribution in [-0.4, -0.2) is 27.4 Å². The van der Waals surface area contributed by atoms with Gasteiger partial charge in [-0.1, -0.05) is 34.8 Å². The minimum Gasteiger partial charge on any atom is -0.452 e. The lowest BCUT2D eigenvalue weighted by Gasteiger charge is -2.14. The molecule has 0 aliphatic heterocycles. The third kappa shape index (κ3) is 4.29. The Balaban J connectivity index is 1.59. The standard InChI is InChI=1S/C16H12Cl3N3O3S/c1-8(15(24)21-13-6-11(18)10(17)5-12(13)19)25-14(23)4-9-7-22-2-3-26-16(22)20-9/h2-3,5-8H,4H2,1H3,(H,21,24). The number of esters is 1. The van der Waals surface area contributed by atoms with Gasteiger partial charge in [0.1, 0.15) is 0 Å². The molecule has 1 aromatic carbocycles. The molecule has 0 fully saturated rings. The molecule has 3 rings (SSSR count). The first-order valence-electron chi connectivity index (χ1n) is 7.39. The van der Waals surface area contributed by atoms with E-state index in [-0.39, 0.29) is 27.2 Å². The Morgan fingerprint density at radius 2 is 2.00 bits per heavy atom. The van der Waals surface area contributed by atoms with Crippen LogP contribution in [0.15, 0.2) is 29.9 Å². The SMILES string of the molecule is CC(OC(=O)Cc1cn2ccsc2n1)C(=O)Nc1cc(Cl)c(Cl)cc1Cl. The molecule has 10 heteroatoms. The van der Waals surface area contributed by atoms with Crippen LogP contribution in [0.4, 0.5) is 5.69 Å². The molecule has 1 atom stereocenters. The van der Waals surface area contributed by atoms with Gasteiger partial charge in [0.25, 0.3) is 5.91 Å². The highest BCUT2D eigenvalue weighted by molar-refractivity contribution is 7.15. The van der Waals surface area contributed by atoms with Crippen molar-refractivity contribution in [3.05, 3.63) is 50.7 Å². The third-order valence-electron chi connectivity index (χ3n) is 3.41. The Morgan fingerprint density at radius 3 is 2.73 bits per heavy atom. The quantitative estimate of drug-likeness (QED) is 0.477. The zero-order valence-corrected chi connectivity index (χ0v) is 16.4. The van der Waals surface area contributed by atoms with Gasteiger partial charge in [-0.3, -0.25) is 14.0 Å². The summed E-state index contributed by atoms with van der Waals surface area (Å²) in [6.45, 7) is 1.46. The summed E-state index contributed by atoms with van der Waals surface area (Å²) >= 11 is 19.2. The molecule has 1 unspecified atom stereocenters. The molecule has 3 aromatic rings. The highest BCUT2D eigenvalue weighted by Gasteiger charge is 2.20. The number of nitrogens with one attached hydrogen (secondary N) is 1. The van der Waals surface area contributed by atoms with E-state index in [1.807, 2.05) is 16.0 Å². The zero-order chi connectivity index (χ0) is 18.8. The molecule has 0 radical (unpaired) electrons. The molecule has 0 aliphatic carbocycles. The van der Waals surface area contributed by atoms with Crippen molar-refractivity contribution < 1.29 is 14.3 Å². The number of benzene rings is 1. The second-order valence-electron chi connectivity index (χ2n) is 5.37. The van der Waals surface area contributed by atoms with Crippen LogP contribution in [0.25, 0.3) is 4.96 Å². The number of imidazole rings is 1. The fraction of sp³-hybridized carbons (Fsp3) is 0.188. The first-order valence-corrected chi connectivity index (χ1v) is 9.41. The number of fused-ring (bicyclic) bond motifs is 1. The van der Waals surface area contributed by atoms with Crippen molar-refractivity contribution in [3.8, 4) is 0 Å². The normalized spacial score (nSPS) is 12.2. The van der Waals surface area contributed by atoms with E-state index in [0.717, 1.165) is 4.96 Å². The molecule has 0 saturated carbocycles. The van der Waals surface area contributed by atoms with Gasteiger partial charge in [-0.15, -0.1) is 11.3 Å². The Labute approximate surface area is 167 Å². The largest absolute Gasteiger partial charge is 0.452 e. The molecular formula is C16H12Cl3N3O3S. The number of anilines is 1. The van der Waals surface area contributed by atoms with E-state index < -0.39 is 18.0 Å². The van der Waals surface area contributed by atoms with Crippen molar-refractivity contribution in [1.82, 2.24) is 9.38 Å². The number of carbonyl (C=O) groups excluding carboxylic acids is 2. The van der Waals surface area contributed by atoms with Crippen LogP contribution in [0, 0.1) is 0 Å². The van der Waals surface area contributed by atoms with Crippen LogP contribution in [0.2, 0.25) is 15.1 Å². The van der Waals surface area contributed by atoms with Crippen LogP contribution in [0.1, 0.15) is 12.6 Å². The number of thiazole rings is 1. The number of aromatic nitrogens is 2. The molecule has 2 aromatic heterocycles. The summed E-state index contributed by atoms with van der Waals surface area (Å²) in [5.74, 6) is -1.09. The van der Waals surface area contributed by atoms with Gasteiger partial charge in [0.05, 0.1) is 32.9 Å². The van der Waals surface area contributed by atoms with Gasteiger partial charge in [0.15, 0.2) is 11.1 Å². The molecule has 1 N–H and O–H groups in total. The summed E-state index contributed by atoms with van der Waals surface area (Å²) in [5.41, 5.74) is 0.852. The van der Waals surface area contributed by atoms with Gasteiger partial charge >= 0.3 is 5.97 Å². The van der Waals surface area contributed by atoms with E-state index >= 15 is 0 Å². The summed E-state index contributed by atoms with van der Waals surface area (Å²) in [4.78, 5) is 29.3. The number of carbonyl (C=O) groups is 2. The van der Waals surface area contributed by atoms with Gasteiger partial charge in [-0.25, -0.2) is 4.98 Å². The van der Waals surface area contributed by atoms with Gasteiger partial charge in [0, 0.05) is 17.8 Å². The van der Waals surface area contributed by atoms with E-state index in [4.69, 9.17) is 39.5 Å².